The lowest BCUT2D eigenvalue weighted by Crippen LogP contribution is -2.50. The van der Waals surface area contributed by atoms with Crippen molar-refractivity contribution in [3.05, 3.63) is 35.4 Å². The van der Waals surface area contributed by atoms with Gasteiger partial charge in [-0.15, -0.1) is 12.4 Å². The van der Waals surface area contributed by atoms with Crippen LogP contribution in [0.3, 0.4) is 0 Å². The van der Waals surface area contributed by atoms with E-state index in [0.717, 1.165) is 32.2 Å². The number of nitrogens with two attached hydrogens (primary N) is 1. The third-order valence-electron chi connectivity index (χ3n) is 4.89. The predicted molar refractivity (Wildman–Crippen MR) is 87.5 cm³/mol. The SMILES string of the molecule is Cc1ccc(C2CCCN2C(=O)CC2(N)CCC2)cc1.Cl. The summed E-state index contributed by atoms with van der Waals surface area (Å²) in [6.45, 7) is 2.98. The molecular formula is C17H25ClN2O. The summed E-state index contributed by atoms with van der Waals surface area (Å²) in [7, 11) is 0. The van der Waals surface area contributed by atoms with Gasteiger partial charge in [0.1, 0.15) is 0 Å². The molecule has 1 heterocycles. The Morgan fingerprint density at radius 3 is 2.52 bits per heavy atom. The fraction of sp³-hybridized carbons (Fsp3) is 0.588. The number of halogens is 1. The third-order valence-corrected chi connectivity index (χ3v) is 4.89. The topological polar surface area (TPSA) is 46.3 Å². The van der Waals surface area contributed by atoms with Crippen LogP contribution in [0.15, 0.2) is 24.3 Å². The molecule has 1 amide bonds. The highest BCUT2D eigenvalue weighted by Crippen LogP contribution is 2.37. The molecule has 1 aliphatic heterocycles. The van der Waals surface area contributed by atoms with Crippen LogP contribution >= 0.6 is 12.4 Å². The fourth-order valence-electron chi connectivity index (χ4n) is 3.41. The average Bonchev–Trinajstić information content (AvgIpc) is 2.87. The van der Waals surface area contributed by atoms with Gasteiger partial charge in [-0.05, 0) is 44.6 Å². The number of nitrogens with zero attached hydrogens (tertiary/aromatic N) is 1. The Labute approximate surface area is 133 Å². The second kappa shape index (κ2) is 6.37. The molecule has 0 spiro atoms. The molecule has 1 saturated heterocycles. The molecule has 3 rings (SSSR count). The molecule has 1 aliphatic carbocycles. The van der Waals surface area contributed by atoms with Crippen LogP contribution in [0.5, 0.6) is 0 Å². The normalized spacial score (nSPS) is 23.3. The summed E-state index contributed by atoms with van der Waals surface area (Å²) in [5.74, 6) is 0.246. The molecule has 116 valence electrons. The molecule has 2 N–H and O–H groups in total. The van der Waals surface area contributed by atoms with Crippen molar-refractivity contribution in [1.29, 1.82) is 0 Å². The summed E-state index contributed by atoms with van der Waals surface area (Å²) in [6, 6.07) is 8.84. The zero-order chi connectivity index (χ0) is 14.2. The Balaban J connectivity index is 0.00000161. The Hall–Kier alpha value is -1.06. The van der Waals surface area contributed by atoms with Gasteiger partial charge in [-0.25, -0.2) is 0 Å². The van der Waals surface area contributed by atoms with Gasteiger partial charge in [-0.1, -0.05) is 29.8 Å². The van der Waals surface area contributed by atoms with E-state index in [1.807, 2.05) is 0 Å². The molecule has 3 nitrogen and oxygen atoms in total. The quantitative estimate of drug-likeness (QED) is 0.930. The minimum atomic E-state index is -0.211. The summed E-state index contributed by atoms with van der Waals surface area (Å²) < 4.78 is 0. The second-order valence-corrected chi connectivity index (χ2v) is 6.55. The van der Waals surface area contributed by atoms with Gasteiger partial charge in [0, 0.05) is 18.5 Å². The Morgan fingerprint density at radius 2 is 1.95 bits per heavy atom. The molecule has 4 heteroatoms. The molecule has 1 unspecified atom stereocenters. The number of aryl methyl sites for hydroxylation is 1. The van der Waals surface area contributed by atoms with E-state index in [2.05, 4.69) is 36.1 Å². The monoisotopic (exact) mass is 308 g/mol. The highest BCUT2D eigenvalue weighted by atomic mass is 35.5. The van der Waals surface area contributed by atoms with Crippen LogP contribution in [0.1, 0.15) is 55.7 Å². The predicted octanol–water partition coefficient (Wildman–Crippen LogP) is 3.35. The van der Waals surface area contributed by atoms with Gasteiger partial charge >= 0.3 is 0 Å². The van der Waals surface area contributed by atoms with Crippen LogP contribution in [0.2, 0.25) is 0 Å². The Bertz CT molecular complexity index is 496. The van der Waals surface area contributed by atoms with Gasteiger partial charge < -0.3 is 10.6 Å². The first-order valence-corrected chi connectivity index (χ1v) is 7.72. The zero-order valence-corrected chi connectivity index (χ0v) is 13.5. The maximum atomic E-state index is 12.6. The maximum Gasteiger partial charge on any atom is 0.224 e. The minimum absolute atomic E-state index is 0. The van der Waals surface area contributed by atoms with E-state index in [1.54, 1.807) is 0 Å². The molecule has 1 aromatic rings. The van der Waals surface area contributed by atoms with Crippen molar-refractivity contribution in [3.63, 3.8) is 0 Å². The Kier molecular flexibility index (Phi) is 4.95. The highest BCUT2D eigenvalue weighted by Gasteiger charge is 2.38. The summed E-state index contributed by atoms with van der Waals surface area (Å²) in [5, 5.41) is 0. The summed E-state index contributed by atoms with van der Waals surface area (Å²) in [6.07, 6.45) is 5.87. The number of benzene rings is 1. The molecule has 1 saturated carbocycles. The van der Waals surface area contributed by atoms with E-state index in [4.69, 9.17) is 5.73 Å². The number of carbonyl (C=O) groups is 1. The number of hydrogen-bond acceptors (Lipinski definition) is 2. The van der Waals surface area contributed by atoms with Gasteiger partial charge in [0.15, 0.2) is 0 Å². The van der Waals surface area contributed by atoms with E-state index in [9.17, 15) is 4.79 Å². The maximum absolute atomic E-state index is 12.6. The van der Waals surface area contributed by atoms with Crippen molar-refractivity contribution in [3.8, 4) is 0 Å². The van der Waals surface area contributed by atoms with Crippen molar-refractivity contribution >= 4 is 18.3 Å². The van der Waals surface area contributed by atoms with E-state index in [-0.39, 0.29) is 29.9 Å². The lowest BCUT2D eigenvalue weighted by atomic mass is 9.75. The summed E-state index contributed by atoms with van der Waals surface area (Å²) in [4.78, 5) is 14.6. The van der Waals surface area contributed by atoms with Crippen LogP contribution in [0.4, 0.5) is 0 Å². The molecule has 1 atom stereocenters. The van der Waals surface area contributed by atoms with Crippen LogP contribution in [0, 0.1) is 6.92 Å². The standard InChI is InChI=1S/C17H24N2O.ClH/c1-13-5-7-14(8-6-13)15-4-2-11-19(15)16(20)12-17(18)9-3-10-17;/h5-8,15H,2-4,9-12,18H2,1H3;1H. The van der Waals surface area contributed by atoms with E-state index in [1.165, 1.54) is 17.5 Å². The number of amides is 1. The largest absolute Gasteiger partial charge is 0.336 e. The number of likely N-dealkylation sites (tertiary alicyclic amines) is 1. The van der Waals surface area contributed by atoms with E-state index >= 15 is 0 Å². The molecule has 0 radical (unpaired) electrons. The van der Waals surface area contributed by atoms with Crippen LogP contribution in [0.25, 0.3) is 0 Å². The van der Waals surface area contributed by atoms with Crippen molar-refractivity contribution < 1.29 is 4.79 Å². The van der Waals surface area contributed by atoms with E-state index in [0.29, 0.717) is 6.42 Å². The fourth-order valence-corrected chi connectivity index (χ4v) is 3.41. The lowest BCUT2D eigenvalue weighted by Gasteiger charge is -2.39. The molecular weight excluding hydrogens is 284 g/mol. The van der Waals surface area contributed by atoms with Gasteiger partial charge in [0.25, 0.3) is 0 Å². The van der Waals surface area contributed by atoms with Gasteiger partial charge in [0.05, 0.1) is 6.04 Å². The van der Waals surface area contributed by atoms with Crippen LogP contribution in [-0.4, -0.2) is 22.9 Å². The molecule has 1 aromatic carbocycles. The number of hydrogen-bond donors (Lipinski definition) is 1. The smallest absolute Gasteiger partial charge is 0.224 e. The molecule has 2 fully saturated rings. The van der Waals surface area contributed by atoms with Crippen molar-refractivity contribution in [2.45, 2.75) is 57.0 Å². The van der Waals surface area contributed by atoms with Gasteiger partial charge in [0.2, 0.25) is 5.91 Å². The summed E-state index contributed by atoms with van der Waals surface area (Å²) in [5.41, 5.74) is 8.55. The van der Waals surface area contributed by atoms with Crippen LogP contribution < -0.4 is 5.73 Å². The van der Waals surface area contributed by atoms with Gasteiger partial charge in [-0.2, -0.15) is 0 Å². The molecule has 2 aliphatic rings. The lowest BCUT2D eigenvalue weighted by molar-refractivity contribution is -0.134. The van der Waals surface area contributed by atoms with Crippen molar-refractivity contribution in [2.24, 2.45) is 5.73 Å². The first-order valence-electron chi connectivity index (χ1n) is 7.72. The molecule has 21 heavy (non-hydrogen) atoms. The average molecular weight is 309 g/mol. The van der Waals surface area contributed by atoms with Crippen molar-refractivity contribution in [1.82, 2.24) is 4.90 Å². The van der Waals surface area contributed by atoms with Crippen LogP contribution in [-0.2, 0) is 4.79 Å². The minimum Gasteiger partial charge on any atom is -0.336 e. The third kappa shape index (κ3) is 3.41. The Morgan fingerprint density at radius 1 is 1.29 bits per heavy atom. The zero-order valence-electron chi connectivity index (χ0n) is 12.7. The molecule has 0 bridgehead atoms. The van der Waals surface area contributed by atoms with Crippen molar-refractivity contribution in [2.75, 3.05) is 6.54 Å². The number of carbonyl (C=O) groups excluding carboxylic acids is 1. The first kappa shape index (κ1) is 16.3. The highest BCUT2D eigenvalue weighted by molar-refractivity contribution is 5.85. The summed E-state index contributed by atoms with van der Waals surface area (Å²) >= 11 is 0. The second-order valence-electron chi connectivity index (χ2n) is 6.55. The van der Waals surface area contributed by atoms with E-state index < -0.39 is 0 Å². The van der Waals surface area contributed by atoms with Gasteiger partial charge in [-0.3, -0.25) is 4.79 Å². The molecule has 0 aromatic heterocycles. The number of rotatable bonds is 3. The first-order chi connectivity index (χ1) is 9.57.